The molecule has 90 valence electrons. The predicted octanol–water partition coefficient (Wildman–Crippen LogP) is 2.16. The van der Waals surface area contributed by atoms with Gasteiger partial charge in [0.1, 0.15) is 5.82 Å². The van der Waals surface area contributed by atoms with Crippen molar-refractivity contribution < 1.29 is 8.91 Å². The first-order valence-corrected chi connectivity index (χ1v) is 5.53. The summed E-state index contributed by atoms with van der Waals surface area (Å²) < 4.78 is 18.5. The monoisotopic (exact) mass is 235 g/mol. The van der Waals surface area contributed by atoms with E-state index in [1.807, 2.05) is 6.92 Å². The van der Waals surface area contributed by atoms with Gasteiger partial charge in [-0.15, -0.1) is 0 Å². The van der Waals surface area contributed by atoms with Crippen molar-refractivity contribution in [2.75, 3.05) is 0 Å². The predicted molar refractivity (Wildman–Crippen MR) is 61.7 cm³/mol. The van der Waals surface area contributed by atoms with Crippen molar-refractivity contribution in [2.24, 2.45) is 5.73 Å². The second kappa shape index (κ2) is 5.05. The molecule has 0 amide bonds. The first-order valence-electron chi connectivity index (χ1n) is 5.53. The van der Waals surface area contributed by atoms with Crippen molar-refractivity contribution in [1.82, 2.24) is 10.1 Å². The minimum absolute atomic E-state index is 0.0103. The quantitative estimate of drug-likeness (QED) is 0.881. The molecule has 1 unspecified atom stereocenters. The van der Waals surface area contributed by atoms with E-state index in [9.17, 15) is 4.39 Å². The van der Waals surface area contributed by atoms with Crippen LogP contribution in [-0.4, -0.2) is 16.2 Å². The van der Waals surface area contributed by atoms with Gasteiger partial charge in [0.15, 0.2) is 0 Å². The van der Waals surface area contributed by atoms with Crippen LogP contribution in [0.5, 0.6) is 0 Å². The van der Waals surface area contributed by atoms with E-state index in [0.717, 1.165) is 6.42 Å². The molecule has 0 aliphatic carbocycles. The van der Waals surface area contributed by atoms with Crippen molar-refractivity contribution in [3.05, 3.63) is 36.0 Å². The third-order valence-electron chi connectivity index (χ3n) is 2.54. The number of aromatic nitrogens is 2. The molecule has 0 bridgehead atoms. The average Bonchev–Trinajstić information content (AvgIpc) is 2.78. The van der Waals surface area contributed by atoms with Crippen LogP contribution in [0.15, 0.2) is 28.8 Å². The van der Waals surface area contributed by atoms with Crippen LogP contribution >= 0.6 is 0 Å². The van der Waals surface area contributed by atoms with Crippen molar-refractivity contribution in [3.63, 3.8) is 0 Å². The van der Waals surface area contributed by atoms with Gasteiger partial charge in [0.2, 0.25) is 11.7 Å². The zero-order valence-electron chi connectivity index (χ0n) is 9.56. The largest absolute Gasteiger partial charge is 0.339 e. The summed E-state index contributed by atoms with van der Waals surface area (Å²) in [5.41, 5.74) is 6.12. The maximum Gasteiger partial charge on any atom is 0.228 e. The topological polar surface area (TPSA) is 64.9 Å². The van der Waals surface area contributed by atoms with E-state index in [0.29, 0.717) is 17.9 Å². The van der Waals surface area contributed by atoms with Gasteiger partial charge in [0.25, 0.3) is 0 Å². The minimum Gasteiger partial charge on any atom is -0.339 e. The SMILES string of the molecule is CCC(N)Cc1nc(-c2ccccc2F)no1. The summed E-state index contributed by atoms with van der Waals surface area (Å²) in [5, 5.41) is 3.75. The van der Waals surface area contributed by atoms with Gasteiger partial charge in [-0.3, -0.25) is 0 Å². The minimum atomic E-state index is -0.361. The molecule has 4 nitrogen and oxygen atoms in total. The summed E-state index contributed by atoms with van der Waals surface area (Å²) >= 11 is 0. The second-order valence-electron chi connectivity index (χ2n) is 3.86. The molecular weight excluding hydrogens is 221 g/mol. The van der Waals surface area contributed by atoms with Crippen molar-refractivity contribution in [1.29, 1.82) is 0 Å². The number of nitrogens with zero attached hydrogens (tertiary/aromatic N) is 2. The molecule has 17 heavy (non-hydrogen) atoms. The molecule has 2 rings (SSSR count). The van der Waals surface area contributed by atoms with Crippen LogP contribution in [0.4, 0.5) is 4.39 Å². The fourth-order valence-corrected chi connectivity index (χ4v) is 1.46. The molecule has 1 atom stereocenters. The molecule has 0 radical (unpaired) electrons. The lowest BCUT2D eigenvalue weighted by Gasteiger charge is -2.02. The first kappa shape index (κ1) is 11.7. The molecule has 0 aliphatic heterocycles. The maximum absolute atomic E-state index is 13.5. The van der Waals surface area contributed by atoms with Gasteiger partial charge in [-0.25, -0.2) is 4.39 Å². The number of rotatable bonds is 4. The number of hydrogen-bond acceptors (Lipinski definition) is 4. The average molecular weight is 235 g/mol. The summed E-state index contributed by atoms with van der Waals surface area (Å²) in [7, 11) is 0. The third-order valence-corrected chi connectivity index (χ3v) is 2.54. The van der Waals surface area contributed by atoms with Crippen molar-refractivity contribution >= 4 is 0 Å². The van der Waals surface area contributed by atoms with Crippen LogP contribution in [0.3, 0.4) is 0 Å². The van der Waals surface area contributed by atoms with E-state index >= 15 is 0 Å². The van der Waals surface area contributed by atoms with E-state index < -0.39 is 0 Å². The number of hydrogen-bond donors (Lipinski definition) is 1. The van der Waals surface area contributed by atoms with Gasteiger partial charge in [0, 0.05) is 12.5 Å². The molecule has 0 saturated carbocycles. The molecule has 0 fully saturated rings. The van der Waals surface area contributed by atoms with E-state index in [2.05, 4.69) is 10.1 Å². The number of nitrogens with two attached hydrogens (primary N) is 1. The Labute approximate surface area is 98.6 Å². The lowest BCUT2D eigenvalue weighted by Crippen LogP contribution is -2.21. The third kappa shape index (κ3) is 2.68. The second-order valence-corrected chi connectivity index (χ2v) is 3.86. The van der Waals surface area contributed by atoms with Gasteiger partial charge in [-0.05, 0) is 18.6 Å². The van der Waals surface area contributed by atoms with Crippen molar-refractivity contribution in [3.8, 4) is 11.4 Å². The fourth-order valence-electron chi connectivity index (χ4n) is 1.46. The lowest BCUT2D eigenvalue weighted by molar-refractivity contribution is 0.367. The molecule has 0 spiro atoms. The molecule has 5 heteroatoms. The van der Waals surface area contributed by atoms with Crippen LogP contribution in [-0.2, 0) is 6.42 Å². The van der Waals surface area contributed by atoms with Gasteiger partial charge < -0.3 is 10.3 Å². The fraction of sp³-hybridized carbons (Fsp3) is 0.333. The highest BCUT2D eigenvalue weighted by molar-refractivity contribution is 5.54. The molecule has 1 heterocycles. The van der Waals surface area contributed by atoms with Gasteiger partial charge >= 0.3 is 0 Å². The molecule has 0 aliphatic rings. The highest BCUT2D eigenvalue weighted by Gasteiger charge is 2.13. The van der Waals surface area contributed by atoms with Crippen LogP contribution in [0, 0.1) is 5.82 Å². The summed E-state index contributed by atoms with van der Waals surface area (Å²) in [6.07, 6.45) is 1.34. The smallest absolute Gasteiger partial charge is 0.228 e. The summed E-state index contributed by atoms with van der Waals surface area (Å²) in [6, 6.07) is 6.32. The zero-order valence-corrected chi connectivity index (χ0v) is 9.56. The molecule has 2 aromatic rings. The normalized spacial score (nSPS) is 12.6. The molecule has 1 aromatic carbocycles. The van der Waals surface area contributed by atoms with Gasteiger partial charge in [-0.2, -0.15) is 4.98 Å². The Morgan fingerprint density at radius 2 is 2.18 bits per heavy atom. The number of benzene rings is 1. The Kier molecular flexibility index (Phi) is 3.49. The maximum atomic E-state index is 13.5. The van der Waals surface area contributed by atoms with E-state index in [-0.39, 0.29) is 17.7 Å². The first-order chi connectivity index (χ1) is 8.20. The summed E-state index contributed by atoms with van der Waals surface area (Å²) in [4.78, 5) is 4.13. The van der Waals surface area contributed by atoms with Crippen LogP contribution in [0.25, 0.3) is 11.4 Å². The highest BCUT2D eigenvalue weighted by atomic mass is 19.1. The van der Waals surface area contributed by atoms with Gasteiger partial charge in [0.05, 0.1) is 5.56 Å². The highest BCUT2D eigenvalue weighted by Crippen LogP contribution is 2.19. The van der Waals surface area contributed by atoms with Crippen LogP contribution in [0.1, 0.15) is 19.2 Å². The Balaban J connectivity index is 2.21. The summed E-state index contributed by atoms with van der Waals surface area (Å²) in [5.74, 6) is 0.346. The molecule has 0 saturated heterocycles. The Morgan fingerprint density at radius 1 is 1.41 bits per heavy atom. The molecular formula is C12H14FN3O. The van der Waals surface area contributed by atoms with Gasteiger partial charge in [-0.1, -0.05) is 24.2 Å². The Morgan fingerprint density at radius 3 is 2.88 bits per heavy atom. The van der Waals surface area contributed by atoms with E-state index in [1.54, 1.807) is 18.2 Å². The zero-order chi connectivity index (χ0) is 12.3. The van der Waals surface area contributed by atoms with E-state index in [1.165, 1.54) is 6.07 Å². The van der Waals surface area contributed by atoms with E-state index in [4.69, 9.17) is 10.3 Å². The standard InChI is InChI=1S/C12H14FN3O/c1-2-8(14)7-11-15-12(16-17-11)9-5-3-4-6-10(9)13/h3-6,8H,2,7,14H2,1H3. The Hall–Kier alpha value is -1.75. The van der Waals surface area contributed by atoms with Crippen molar-refractivity contribution in [2.45, 2.75) is 25.8 Å². The van der Waals surface area contributed by atoms with Crippen LogP contribution in [0.2, 0.25) is 0 Å². The number of halogens is 1. The molecule has 2 N–H and O–H groups in total. The summed E-state index contributed by atoms with van der Waals surface area (Å²) in [6.45, 7) is 1.98. The Bertz CT molecular complexity index is 498. The lowest BCUT2D eigenvalue weighted by atomic mass is 10.2. The molecule has 1 aromatic heterocycles. The van der Waals surface area contributed by atoms with Crippen LogP contribution < -0.4 is 5.73 Å².